The van der Waals surface area contributed by atoms with E-state index >= 15 is 0 Å². The fourth-order valence-corrected chi connectivity index (χ4v) is 2.97. The maximum absolute atomic E-state index is 12.3. The van der Waals surface area contributed by atoms with Crippen molar-refractivity contribution in [2.45, 2.75) is 26.8 Å². The molecule has 0 bridgehead atoms. The fourth-order valence-electron chi connectivity index (χ4n) is 1.90. The van der Waals surface area contributed by atoms with Crippen LogP contribution in [-0.2, 0) is 0 Å². The number of aryl methyl sites for hydroxylation is 1. The molecule has 1 amide bonds. The molecule has 0 fully saturated rings. The first-order chi connectivity index (χ1) is 8.99. The van der Waals surface area contributed by atoms with Crippen molar-refractivity contribution in [2.24, 2.45) is 0 Å². The molecule has 0 saturated carbocycles. The van der Waals surface area contributed by atoms with Crippen LogP contribution in [0.15, 0.2) is 30.3 Å². The van der Waals surface area contributed by atoms with Gasteiger partial charge in [0.25, 0.3) is 5.91 Å². The Morgan fingerprint density at radius 1 is 1.26 bits per heavy atom. The monoisotopic (exact) mass is 293 g/mol. The lowest BCUT2D eigenvalue weighted by Crippen LogP contribution is -2.26. The van der Waals surface area contributed by atoms with Crippen LogP contribution in [0.25, 0.3) is 0 Å². The van der Waals surface area contributed by atoms with Gasteiger partial charge in [0, 0.05) is 10.4 Å². The Morgan fingerprint density at radius 2 is 2.00 bits per heavy atom. The summed E-state index contributed by atoms with van der Waals surface area (Å²) in [5.41, 5.74) is 2.88. The second-order valence-corrected chi connectivity index (χ2v) is 6.33. The molecule has 0 radical (unpaired) electrons. The number of amides is 1. The van der Waals surface area contributed by atoms with E-state index in [1.807, 2.05) is 51.1 Å². The first kappa shape index (κ1) is 14.1. The van der Waals surface area contributed by atoms with E-state index in [1.165, 1.54) is 11.3 Å². The minimum atomic E-state index is -0.0433. The third-order valence-electron chi connectivity index (χ3n) is 3.22. The normalized spacial score (nSPS) is 12.2. The van der Waals surface area contributed by atoms with Gasteiger partial charge >= 0.3 is 0 Å². The van der Waals surface area contributed by atoms with Crippen molar-refractivity contribution >= 4 is 28.8 Å². The van der Waals surface area contributed by atoms with Crippen LogP contribution in [0.1, 0.15) is 39.3 Å². The lowest BCUT2D eigenvalue weighted by molar-refractivity contribution is 0.0940. The Hall–Kier alpha value is -1.32. The lowest BCUT2D eigenvalue weighted by atomic mass is 10.0. The highest BCUT2D eigenvalue weighted by atomic mass is 35.5. The van der Waals surface area contributed by atoms with Gasteiger partial charge in [-0.05, 0) is 50.1 Å². The zero-order valence-corrected chi connectivity index (χ0v) is 12.7. The number of benzene rings is 1. The first-order valence-electron chi connectivity index (χ1n) is 6.11. The van der Waals surface area contributed by atoms with E-state index in [9.17, 15) is 4.79 Å². The van der Waals surface area contributed by atoms with Gasteiger partial charge in [0.1, 0.15) is 0 Å². The van der Waals surface area contributed by atoms with Gasteiger partial charge in [0.2, 0.25) is 0 Å². The fraction of sp³-hybridized carbons (Fsp3) is 0.267. The van der Waals surface area contributed by atoms with Crippen LogP contribution in [-0.4, -0.2) is 5.91 Å². The Bertz CT molecular complexity index is 606. The van der Waals surface area contributed by atoms with Crippen molar-refractivity contribution < 1.29 is 4.79 Å². The standard InChI is InChI=1S/C15H16ClNOS/c1-9-5-4-6-12(10(9)2)15(18)17-11(3)13-7-8-14(16)19-13/h4-8,11H,1-3H3,(H,17,18). The summed E-state index contributed by atoms with van der Waals surface area (Å²) in [7, 11) is 0. The Labute approximate surface area is 122 Å². The van der Waals surface area contributed by atoms with Crippen molar-refractivity contribution in [1.29, 1.82) is 0 Å². The van der Waals surface area contributed by atoms with E-state index in [-0.39, 0.29) is 11.9 Å². The predicted octanol–water partition coefficient (Wildman–Crippen LogP) is 4.51. The van der Waals surface area contributed by atoms with E-state index < -0.39 is 0 Å². The topological polar surface area (TPSA) is 29.1 Å². The molecule has 1 aromatic heterocycles. The van der Waals surface area contributed by atoms with Crippen LogP contribution in [0.3, 0.4) is 0 Å². The van der Waals surface area contributed by atoms with E-state index in [0.717, 1.165) is 25.9 Å². The molecule has 0 spiro atoms. The molecule has 1 N–H and O–H groups in total. The molecule has 0 saturated heterocycles. The summed E-state index contributed by atoms with van der Waals surface area (Å²) in [4.78, 5) is 13.3. The summed E-state index contributed by atoms with van der Waals surface area (Å²) in [6.45, 7) is 5.94. The molecule has 1 unspecified atom stereocenters. The Balaban J connectivity index is 2.15. The summed E-state index contributed by atoms with van der Waals surface area (Å²) in [6.07, 6.45) is 0. The number of hydrogen-bond acceptors (Lipinski definition) is 2. The molecular formula is C15H16ClNOS. The molecule has 0 aliphatic carbocycles. The van der Waals surface area contributed by atoms with Crippen molar-refractivity contribution in [2.75, 3.05) is 0 Å². The number of halogens is 1. The summed E-state index contributed by atoms with van der Waals surface area (Å²) >= 11 is 7.40. The molecule has 2 rings (SSSR count). The van der Waals surface area contributed by atoms with E-state index in [1.54, 1.807) is 0 Å². The molecule has 1 aromatic carbocycles. The average Bonchev–Trinajstić information content (AvgIpc) is 2.79. The van der Waals surface area contributed by atoms with Crippen LogP contribution in [0, 0.1) is 13.8 Å². The van der Waals surface area contributed by atoms with Gasteiger partial charge in [-0.3, -0.25) is 4.79 Å². The molecular weight excluding hydrogens is 278 g/mol. The predicted molar refractivity (Wildman–Crippen MR) is 81.1 cm³/mol. The second kappa shape index (κ2) is 5.76. The van der Waals surface area contributed by atoms with Gasteiger partial charge in [-0.2, -0.15) is 0 Å². The average molecular weight is 294 g/mol. The van der Waals surface area contributed by atoms with Crippen molar-refractivity contribution in [3.05, 3.63) is 56.2 Å². The second-order valence-electron chi connectivity index (χ2n) is 4.58. The third-order valence-corrected chi connectivity index (χ3v) is 4.63. The van der Waals surface area contributed by atoms with Gasteiger partial charge in [-0.25, -0.2) is 0 Å². The van der Waals surface area contributed by atoms with Crippen molar-refractivity contribution in [1.82, 2.24) is 5.32 Å². The van der Waals surface area contributed by atoms with E-state index in [2.05, 4.69) is 5.32 Å². The quantitative estimate of drug-likeness (QED) is 0.886. The summed E-state index contributed by atoms with van der Waals surface area (Å²) in [6, 6.07) is 9.53. The Kier molecular flexibility index (Phi) is 4.27. The van der Waals surface area contributed by atoms with Crippen LogP contribution in [0.5, 0.6) is 0 Å². The highest BCUT2D eigenvalue weighted by molar-refractivity contribution is 7.16. The van der Waals surface area contributed by atoms with Crippen LogP contribution < -0.4 is 5.32 Å². The molecule has 2 nitrogen and oxygen atoms in total. The van der Waals surface area contributed by atoms with Gasteiger partial charge in [-0.15, -0.1) is 11.3 Å². The molecule has 0 aliphatic heterocycles. The van der Waals surface area contributed by atoms with E-state index in [4.69, 9.17) is 11.6 Å². The maximum Gasteiger partial charge on any atom is 0.252 e. The zero-order valence-electron chi connectivity index (χ0n) is 11.2. The highest BCUT2D eigenvalue weighted by Crippen LogP contribution is 2.27. The molecule has 1 atom stereocenters. The lowest BCUT2D eigenvalue weighted by Gasteiger charge is -2.14. The largest absolute Gasteiger partial charge is 0.345 e. The Morgan fingerprint density at radius 3 is 2.63 bits per heavy atom. The van der Waals surface area contributed by atoms with Gasteiger partial charge < -0.3 is 5.32 Å². The summed E-state index contributed by atoms with van der Waals surface area (Å²) < 4.78 is 0.739. The van der Waals surface area contributed by atoms with Crippen LogP contribution in [0.4, 0.5) is 0 Å². The smallest absolute Gasteiger partial charge is 0.252 e. The minimum absolute atomic E-state index is 0.0371. The molecule has 100 valence electrons. The number of rotatable bonds is 3. The van der Waals surface area contributed by atoms with Gasteiger partial charge in [0.05, 0.1) is 10.4 Å². The number of carbonyl (C=O) groups is 1. The summed E-state index contributed by atoms with van der Waals surface area (Å²) in [5.74, 6) is -0.0433. The molecule has 0 aliphatic rings. The number of nitrogens with one attached hydrogen (secondary N) is 1. The molecule has 19 heavy (non-hydrogen) atoms. The molecule has 4 heteroatoms. The maximum atomic E-state index is 12.3. The third kappa shape index (κ3) is 3.17. The number of thiophene rings is 1. The molecule has 1 heterocycles. The van der Waals surface area contributed by atoms with E-state index in [0.29, 0.717) is 0 Å². The van der Waals surface area contributed by atoms with Crippen LogP contribution >= 0.6 is 22.9 Å². The zero-order chi connectivity index (χ0) is 14.0. The minimum Gasteiger partial charge on any atom is -0.345 e. The van der Waals surface area contributed by atoms with Gasteiger partial charge in [0.15, 0.2) is 0 Å². The summed E-state index contributed by atoms with van der Waals surface area (Å²) in [5, 5.41) is 3.01. The van der Waals surface area contributed by atoms with Crippen LogP contribution in [0.2, 0.25) is 4.34 Å². The van der Waals surface area contributed by atoms with Gasteiger partial charge in [-0.1, -0.05) is 23.7 Å². The first-order valence-corrected chi connectivity index (χ1v) is 7.31. The highest BCUT2D eigenvalue weighted by Gasteiger charge is 2.15. The number of hydrogen-bond donors (Lipinski definition) is 1. The molecule has 2 aromatic rings. The SMILES string of the molecule is Cc1cccc(C(=O)NC(C)c2ccc(Cl)s2)c1C. The van der Waals surface area contributed by atoms with Crippen molar-refractivity contribution in [3.8, 4) is 0 Å². The van der Waals surface area contributed by atoms with Crippen molar-refractivity contribution in [3.63, 3.8) is 0 Å². The number of carbonyl (C=O) groups excluding carboxylic acids is 1.